The molecule has 0 radical (unpaired) electrons. The van der Waals surface area contributed by atoms with E-state index in [9.17, 15) is 10.1 Å². The van der Waals surface area contributed by atoms with Gasteiger partial charge in [0.25, 0.3) is 5.69 Å². The van der Waals surface area contributed by atoms with Gasteiger partial charge in [-0.15, -0.1) is 11.6 Å². The van der Waals surface area contributed by atoms with Gasteiger partial charge in [-0.2, -0.15) is 0 Å². The summed E-state index contributed by atoms with van der Waals surface area (Å²) in [7, 11) is 0. The van der Waals surface area contributed by atoms with Gasteiger partial charge in [0, 0.05) is 21.1 Å². The van der Waals surface area contributed by atoms with Gasteiger partial charge < -0.3 is 4.74 Å². The van der Waals surface area contributed by atoms with Crippen LogP contribution in [-0.4, -0.2) is 4.92 Å². The van der Waals surface area contributed by atoms with Crippen molar-refractivity contribution in [1.82, 2.24) is 0 Å². The molecule has 0 fully saturated rings. The van der Waals surface area contributed by atoms with E-state index in [1.54, 1.807) is 24.3 Å². The highest BCUT2D eigenvalue weighted by molar-refractivity contribution is 9.10. The molecule has 104 valence electrons. The van der Waals surface area contributed by atoms with Crippen LogP contribution in [0.25, 0.3) is 0 Å². The highest BCUT2D eigenvalue weighted by Crippen LogP contribution is 2.33. The zero-order chi connectivity index (χ0) is 14.7. The number of alkyl halides is 1. The molecule has 2 rings (SSSR count). The van der Waals surface area contributed by atoms with E-state index in [0.717, 1.165) is 5.56 Å². The lowest BCUT2D eigenvalue weighted by atomic mass is 10.2. The van der Waals surface area contributed by atoms with E-state index in [1.165, 1.54) is 12.1 Å². The summed E-state index contributed by atoms with van der Waals surface area (Å²) in [6, 6.07) is 9.43. The van der Waals surface area contributed by atoms with Crippen LogP contribution in [0.2, 0.25) is 5.02 Å². The zero-order valence-corrected chi connectivity index (χ0v) is 13.1. The van der Waals surface area contributed by atoms with E-state index >= 15 is 0 Å². The normalized spacial score (nSPS) is 10.3. The van der Waals surface area contributed by atoms with Crippen LogP contribution in [0, 0.1) is 10.1 Å². The molecule has 0 atom stereocenters. The molecule has 4 nitrogen and oxygen atoms in total. The van der Waals surface area contributed by atoms with E-state index < -0.39 is 4.92 Å². The Kier molecular flexibility index (Phi) is 4.86. The molecule has 0 aliphatic carbocycles. The van der Waals surface area contributed by atoms with Gasteiger partial charge in [-0.25, -0.2) is 0 Å². The Balaban J connectivity index is 2.39. The molecule has 0 aromatic heterocycles. The van der Waals surface area contributed by atoms with Crippen LogP contribution in [0.5, 0.6) is 11.5 Å². The smallest absolute Gasteiger partial charge is 0.274 e. The fourth-order valence-corrected chi connectivity index (χ4v) is 2.42. The number of halogens is 3. The quantitative estimate of drug-likeness (QED) is 0.399. The third-order valence-electron chi connectivity index (χ3n) is 2.47. The summed E-state index contributed by atoms with van der Waals surface area (Å²) in [5.74, 6) is 1.06. The first-order valence-electron chi connectivity index (χ1n) is 5.47. The van der Waals surface area contributed by atoms with E-state index in [0.29, 0.717) is 21.0 Å². The van der Waals surface area contributed by atoms with Gasteiger partial charge in [-0.3, -0.25) is 10.1 Å². The summed E-state index contributed by atoms with van der Waals surface area (Å²) in [6.45, 7) is 0. The number of non-ortho nitro benzene ring substituents is 1. The van der Waals surface area contributed by atoms with Crippen molar-refractivity contribution in [3.63, 3.8) is 0 Å². The van der Waals surface area contributed by atoms with Crippen molar-refractivity contribution in [2.45, 2.75) is 5.88 Å². The van der Waals surface area contributed by atoms with Crippen molar-refractivity contribution in [1.29, 1.82) is 0 Å². The standard InChI is InChI=1S/C13H8BrCl2NO3/c14-9-3-11(17(18)19)6-12(4-9)20-13-5-10(16)2-1-8(13)7-15/h1-6H,7H2. The summed E-state index contributed by atoms with van der Waals surface area (Å²) in [6.07, 6.45) is 0. The average molecular weight is 377 g/mol. The van der Waals surface area contributed by atoms with E-state index in [-0.39, 0.29) is 11.6 Å². The predicted octanol–water partition coefficient (Wildman–Crippen LogP) is 5.54. The van der Waals surface area contributed by atoms with Crippen molar-refractivity contribution in [2.24, 2.45) is 0 Å². The van der Waals surface area contributed by atoms with Crippen LogP contribution in [0.4, 0.5) is 5.69 Å². The molecule has 0 aliphatic rings. The fourth-order valence-electron chi connectivity index (χ4n) is 1.57. The Bertz CT molecular complexity index is 664. The minimum atomic E-state index is -0.488. The molecular weight excluding hydrogens is 369 g/mol. The maximum Gasteiger partial charge on any atom is 0.274 e. The largest absolute Gasteiger partial charge is 0.457 e. The van der Waals surface area contributed by atoms with Crippen LogP contribution in [-0.2, 0) is 5.88 Å². The molecule has 0 N–H and O–H groups in total. The molecule has 2 aromatic rings. The van der Waals surface area contributed by atoms with Crippen molar-refractivity contribution in [3.05, 3.63) is 61.6 Å². The van der Waals surface area contributed by atoms with Crippen molar-refractivity contribution in [3.8, 4) is 11.5 Å². The van der Waals surface area contributed by atoms with Crippen LogP contribution in [0.3, 0.4) is 0 Å². The number of nitro groups is 1. The number of benzene rings is 2. The Hall–Kier alpha value is -1.30. The van der Waals surface area contributed by atoms with Gasteiger partial charge in [0.2, 0.25) is 0 Å². The molecule has 0 bridgehead atoms. The monoisotopic (exact) mass is 375 g/mol. The lowest BCUT2D eigenvalue weighted by molar-refractivity contribution is -0.385. The maximum atomic E-state index is 10.8. The van der Waals surface area contributed by atoms with E-state index in [4.69, 9.17) is 27.9 Å². The zero-order valence-electron chi connectivity index (χ0n) is 9.98. The van der Waals surface area contributed by atoms with Crippen LogP contribution in [0.1, 0.15) is 5.56 Å². The SMILES string of the molecule is O=[N+]([O-])c1cc(Br)cc(Oc2cc(Cl)ccc2CCl)c1. The van der Waals surface area contributed by atoms with Gasteiger partial charge in [0.15, 0.2) is 0 Å². The van der Waals surface area contributed by atoms with Gasteiger partial charge in [-0.1, -0.05) is 33.6 Å². The first kappa shape index (κ1) is 15.1. The Labute approximate surface area is 133 Å². The van der Waals surface area contributed by atoms with Crippen LogP contribution in [0.15, 0.2) is 40.9 Å². The number of nitrogens with zero attached hydrogens (tertiary/aromatic N) is 1. The Morgan fingerprint density at radius 1 is 1.25 bits per heavy atom. The lowest BCUT2D eigenvalue weighted by Crippen LogP contribution is -1.92. The summed E-state index contributed by atoms with van der Waals surface area (Å²) in [5.41, 5.74) is 0.683. The number of rotatable bonds is 4. The Morgan fingerprint density at radius 2 is 2.00 bits per heavy atom. The van der Waals surface area contributed by atoms with Crippen molar-refractivity contribution in [2.75, 3.05) is 0 Å². The molecule has 0 heterocycles. The molecule has 2 aromatic carbocycles. The molecule has 20 heavy (non-hydrogen) atoms. The van der Waals surface area contributed by atoms with E-state index in [2.05, 4.69) is 15.9 Å². The average Bonchev–Trinajstić information content (AvgIpc) is 2.38. The summed E-state index contributed by atoms with van der Waals surface area (Å²) >= 11 is 14.9. The third-order valence-corrected chi connectivity index (χ3v) is 3.45. The number of hydrogen-bond donors (Lipinski definition) is 0. The topological polar surface area (TPSA) is 52.4 Å². The molecule has 0 saturated carbocycles. The minimum Gasteiger partial charge on any atom is -0.457 e. The lowest BCUT2D eigenvalue weighted by Gasteiger charge is -2.10. The molecule has 0 aliphatic heterocycles. The second kappa shape index (κ2) is 6.43. The maximum absolute atomic E-state index is 10.8. The second-order valence-corrected chi connectivity index (χ2v) is 5.51. The highest BCUT2D eigenvalue weighted by Gasteiger charge is 2.12. The Morgan fingerprint density at radius 3 is 2.65 bits per heavy atom. The highest BCUT2D eigenvalue weighted by atomic mass is 79.9. The first-order chi connectivity index (χ1) is 9.49. The molecule has 0 unspecified atom stereocenters. The predicted molar refractivity (Wildman–Crippen MR) is 81.9 cm³/mol. The molecule has 0 amide bonds. The fraction of sp³-hybridized carbons (Fsp3) is 0.0769. The summed E-state index contributed by atoms with van der Waals surface area (Å²) in [4.78, 5) is 10.3. The molecule has 0 spiro atoms. The van der Waals surface area contributed by atoms with Gasteiger partial charge in [0.05, 0.1) is 16.9 Å². The molecular formula is C13H8BrCl2NO3. The minimum absolute atomic E-state index is 0.0659. The van der Waals surface area contributed by atoms with E-state index in [1.807, 2.05) is 0 Å². The number of hydrogen-bond acceptors (Lipinski definition) is 3. The van der Waals surface area contributed by atoms with Gasteiger partial charge in [-0.05, 0) is 18.2 Å². The van der Waals surface area contributed by atoms with Crippen LogP contribution >= 0.6 is 39.1 Å². The first-order valence-corrected chi connectivity index (χ1v) is 7.17. The number of nitro benzene ring substituents is 1. The van der Waals surface area contributed by atoms with Crippen molar-refractivity contribution < 1.29 is 9.66 Å². The van der Waals surface area contributed by atoms with Gasteiger partial charge in [0.1, 0.15) is 11.5 Å². The van der Waals surface area contributed by atoms with Crippen LogP contribution < -0.4 is 4.74 Å². The van der Waals surface area contributed by atoms with Gasteiger partial charge >= 0.3 is 0 Å². The second-order valence-electron chi connectivity index (χ2n) is 3.89. The molecule has 0 saturated heterocycles. The summed E-state index contributed by atoms with van der Waals surface area (Å²) in [5, 5.41) is 11.3. The van der Waals surface area contributed by atoms with Crippen molar-refractivity contribution >= 4 is 44.8 Å². The molecule has 7 heteroatoms. The summed E-state index contributed by atoms with van der Waals surface area (Å²) < 4.78 is 6.20. The number of ether oxygens (including phenoxy) is 1. The third kappa shape index (κ3) is 3.62.